The topological polar surface area (TPSA) is 61.0 Å². The molecule has 1 aliphatic heterocycles. The van der Waals surface area contributed by atoms with Crippen molar-refractivity contribution < 1.29 is 4.79 Å². The van der Waals surface area contributed by atoms with Crippen molar-refractivity contribution in [2.45, 2.75) is 57.7 Å². The number of nitrogens with zero attached hydrogens (tertiary/aromatic N) is 2. The molecule has 3 heterocycles. The van der Waals surface area contributed by atoms with Crippen LogP contribution in [-0.4, -0.2) is 46.2 Å². The molecule has 0 saturated carbocycles. The summed E-state index contributed by atoms with van der Waals surface area (Å²) in [6.45, 7) is 4.42. The number of aromatic nitrogens is 2. The number of rotatable bonds is 6. The molecule has 0 radical (unpaired) electrons. The van der Waals surface area contributed by atoms with Crippen molar-refractivity contribution in [2.24, 2.45) is 0 Å². The van der Waals surface area contributed by atoms with E-state index in [4.69, 9.17) is 0 Å². The van der Waals surface area contributed by atoms with Gasteiger partial charge < -0.3 is 10.2 Å². The van der Waals surface area contributed by atoms with Crippen molar-refractivity contribution in [2.75, 3.05) is 7.05 Å². The summed E-state index contributed by atoms with van der Waals surface area (Å²) in [5, 5.41) is 15.6. The molecule has 0 aliphatic carbocycles. The molecule has 1 amide bonds. The molecular formula is C22H28N4OS. The normalized spacial score (nSPS) is 21.2. The van der Waals surface area contributed by atoms with E-state index in [1.54, 1.807) is 11.3 Å². The van der Waals surface area contributed by atoms with Crippen LogP contribution in [-0.2, 0) is 0 Å². The Bertz CT molecular complexity index is 949. The molecule has 1 saturated heterocycles. The molecule has 148 valence electrons. The zero-order valence-electron chi connectivity index (χ0n) is 16.7. The molecule has 0 bridgehead atoms. The highest BCUT2D eigenvalue weighted by atomic mass is 32.1. The second kappa shape index (κ2) is 8.05. The molecule has 2 unspecified atom stereocenters. The number of fused-ring (bicyclic) bond motifs is 1. The summed E-state index contributed by atoms with van der Waals surface area (Å²) in [6.07, 6.45) is 4.36. The van der Waals surface area contributed by atoms with E-state index in [0.717, 1.165) is 29.3 Å². The molecule has 3 aromatic rings. The first-order valence-electron chi connectivity index (χ1n) is 10.1. The Balaban J connectivity index is 1.52. The monoisotopic (exact) mass is 396 g/mol. The number of benzene rings is 1. The molecule has 5 nitrogen and oxygen atoms in total. The smallest absolute Gasteiger partial charge is 0.272 e. The van der Waals surface area contributed by atoms with Crippen molar-refractivity contribution in [3.8, 4) is 11.1 Å². The number of amides is 1. The highest BCUT2D eigenvalue weighted by Gasteiger charge is 2.29. The van der Waals surface area contributed by atoms with Crippen LogP contribution in [0.4, 0.5) is 0 Å². The SMILES string of the molecule is CC[C@@H](CC1CCC(C)N1C)NC(=O)c1n[nH]c2ccc(-c3ccsc3)cc12. The fourth-order valence-corrected chi connectivity index (χ4v) is 4.86. The van der Waals surface area contributed by atoms with Crippen molar-refractivity contribution in [3.63, 3.8) is 0 Å². The summed E-state index contributed by atoms with van der Waals surface area (Å²) in [6, 6.07) is 9.55. The molecule has 1 aliphatic rings. The third-order valence-corrected chi connectivity index (χ3v) is 6.89. The van der Waals surface area contributed by atoms with Gasteiger partial charge in [-0.25, -0.2) is 0 Å². The van der Waals surface area contributed by atoms with E-state index >= 15 is 0 Å². The van der Waals surface area contributed by atoms with Crippen molar-refractivity contribution in [1.29, 1.82) is 0 Å². The Morgan fingerprint density at radius 2 is 2.21 bits per heavy atom. The number of carbonyl (C=O) groups excluding carboxylic acids is 1. The summed E-state index contributed by atoms with van der Waals surface area (Å²) < 4.78 is 0. The van der Waals surface area contributed by atoms with E-state index in [1.165, 1.54) is 18.4 Å². The molecule has 3 atom stereocenters. The zero-order chi connectivity index (χ0) is 19.7. The van der Waals surface area contributed by atoms with Gasteiger partial charge in [-0.05, 0) is 79.7 Å². The molecule has 2 N–H and O–H groups in total. The Labute approximate surface area is 170 Å². The van der Waals surface area contributed by atoms with Crippen LogP contribution in [0.5, 0.6) is 0 Å². The van der Waals surface area contributed by atoms with Gasteiger partial charge in [-0.3, -0.25) is 9.89 Å². The predicted molar refractivity (Wildman–Crippen MR) is 116 cm³/mol. The second-order valence-corrected chi connectivity index (χ2v) is 8.68. The van der Waals surface area contributed by atoms with Gasteiger partial charge in [0.25, 0.3) is 5.91 Å². The molecule has 4 rings (SSSR count). The van der Waals surface area contributed by atoms with Crippen LogP contribution < -0.4 is 5.32 Å². The fraction of sp³-hybridized carbons (Fsp3) is 0.455. The average molecular weight is 397 g/mol. The number of nitrogens with one attached hydrogen (secondary N) is 2. The molecule has 0 spiro atoms. The largest absolute Gasteiger partial charge is 0.348 e. The van der Waals surface area contributed by atoms with E-state index < -0.39 is 0 Å². The average Bonchev–Trinajstić information content (AvgIpc) is 3.43. The van der Waals surface area contributed by atoms with Gasteiger partial charge in [-0.2, -0.15) is 16.4 Å². The highest BCUT2D eigenvalue weighted by molar-refractivity contribution is 7.08. The van der Waals surface area contributed by atoms with Crippen LogP contribution in [0.3, 0.4) is 0 Å². The first kappa shape index (κ1) is 19.2. The van der Waals surface area contributed by atoms with Gasteiger partial charge in [0.05, 0.1) is 5.52 Å². The van der Waals surface area contributed by atoms with Gasteiger partial charge >= 0.3 is 0 Å². The van der Waals surface area contributed by atoms with Gasteiger partial charge in [0.1, 0.15) is 0 Å². The third-order valence-electron chi connectivity index (χ3n) is 6.21. The first-order chi connectivity index (χ1) is 13.6. The zero-order valence-corrected chi connectivity index (χ0v) is 17.6. The molecule has 2 aromatic heterocycles. The number of carbonyl (C=O) groups is 1. The molecule has 1 aromatic carbocycles. The van der Waals surface area contributed by atoms with Gasteiger partial charge in [0.15, 0.2) is 5.69 Å². The van der Waals surface area contributed by atoms with E-state index in [1.807, 2.05) is 6.07 Å². The summed E-state index contributed by atoms with van der Waals surface area (Å²) in [7, 11) is 2.20. The highest BCUT2D eigenvalue weighted by Crippen LogP contribution is 2.28. The minimum atomic E-state index is -0.0886. The standard InChI is InChI=1S/C22H28N4OS/c1-4-17(12-18-7-5-14(2)26(18)3)23-22(27)21-19-11-15(16-9-10-28-13-16)6-8-20(19)24-25-21/h6,8-11,13-14,17-18H,4-5,7,12H2,1-3H3,(H,23,27)(H,24,25)/t14?,17-,18?/m0/s1. The van der Waals surface area contributed by atoms with E-state index in [-0.39, 0.29) is 11.9 Å². The Hall–Kier alpha value is -2.18. The van der Waals surface area contributed by atoms with Crippen LogP contribution in [0.15, 0.2) is 35.0 Å². The number of likely N-dealkylation sites (tertiary alicyclic amines) is 1. The number of hydrogen-bond acceptors (Lipinski definition) is 4. The first-order valence-corrected chi connectivity index (χ1v) is 11.0. The maximum atomic E-state index is 13.0. The van der Waals surface area contributed by atoms with Crippen molar-refractivity contribution in [3.05, 3.63) is 40.7 Å². The van der Waals surface area contributed by atoms with Gasteiger partial charge in [-0.1, -0.05) is 13.0 Å². The summed E-state index contributed by atoms with van der Waals surface area (Å²) >= 11 is 1.67. The van der Waals surface area contributed by atoms with Gasteiger partial charge in [0, 0.05) is 23.5 Å². The number of H-pyrrole nitrogens is 1. The van der Waals surface area contributed by atoms with Crippen LogP contribution in [0.25, 0.3) is 22.0 Å². The Kier molecular flexibility index (Phi) is 5.51. The number of aromatic amines is 1. The quantitative estimate of drug-likeness (QED) is 0.636. The maximum absolute atomic E-state index is 13.0. The van der Waals surface area contributed by atoms with Crippen LogP contribution in [0.2, 0.25) is 0 Å². The minimum absolute atomic E-state index is 0.0886. The molecule has 6 heteroatoms. The second-order valence-electron chi connectivity index (χ2n) is 7.90. The third kappa shape index (κ3) is 3.71. The van der Waals surface area contributed by atoms with E-state index in [0.29, 0.717) is 17.8 Å². The lowest BCUT2D eigenvalue weighted by molar-refractivity contribution is 0.0922. The van der Waals surface area contributed by atoms with Crippen LogP contribution >= 0.6 is 11.3 Å². The number of hydrogen-bond donors (Lipinski definition) is 2. The van der Waals surface area contributed by atoms with Crippen LogP contribution in [0, 0.1) is 0 Å². The van der Waals surface area contributed by atoms with Gasteiger partial charge in [-0.15, -0.1) is 0 Å². The fourth-order valence-electron chi connectivity index (χ4n) is 4.19. The minimum Gasteiger partial charge on any atom is -0.348 e. The number of thiophene rings is 1. The van der Waals surface area contributed by atoms with E-state index in [9.17, 15) is 4.79 Å². The van der Waals surface area contributed by atoms with Crippen molar-refractivity contribution >= 4 is 28.1 Å². The predicted octanol–water partition coefficient (Wildman–Crippen LogP) is 4.67. The molecule has 28 heavy (non-hydrogen) atoms. The van der Waals surface area contributed by atoms with Gasteiger partial charge in [0.2, 0.25) is 0 Å². The van der Waals surface area contributed by atoms with Crippen LogP contribution in [0.1, 0.15) is 50.0 Å². The van der Waals surface area contributed by atoms with Crippen molar-refractivity contribution in [1.82, 2.24) is 20.4 Å². The molecule has 1 fully saturated rings. The summed E-state index contributed by atoms with van der Waals surface area (Å²) in [4.78, 5) is 15.5. The lowest BCUT2D eigenvalue weighted by Crippen LogP contribution is -2.40. The Morgan fingerprint density at radius 3 is 2.89 bits per heavy atom. The van der Waals surface area contributed by atoms with E-state index in [2.05, 4.69) is 70.3 Å². The lowest BCUT2D eigenvalue weighted by atomic mass is 10.0. The lowest BCUT2D eigenvalue weighted by Gasteiger charge is -2.27. The molecular weight excluding hydrogens is 368 g/mol. The summed E-state index contributed by atoms with van der Waals surface area (Å²) in [5.74, 6) is -0.0886. The Morgan fingerprint density at radius 1 is 1.36 bits per heavy atom. The maximum Gasteiger partial charge on any atom is 0.272 e. The summed E-state index contributed by atoms with van der Waals surface area (Å²) in [5.41, 5.74) is 3.65.